The second kappa shape index (κ2) is 17.3. The van der Waals surface area contributed by atoms with Crippen LogP contribution in [-0.4, -0.2) is 0 Å². The molecule has 70 heavy (non-hydrogen) atoms. The molecule has 0 aliphatic heterocycles. The van der Waals surface area contributed by atoms with E-state index in [2.05, 4.69) is 254 Å². The molecular weight excluding hydrogens is 845 g/mol. The molecule has 2 aliphatic carbocycles. The van der Waals surface area contributed by atoms with Crippen LogP contribution in [0.15, 0.2) is 231 Å². The molecule has 13 rings (SSSR count). The topological polar surface area (TPSA) is 6.48 Å². The highest BCUT2D eigenvalue weighted by Gasteiger charge is 2.21. The fourth-order valence-corrected chi connectivity index (χ4v) is 10.9. The molecule has 0 atom stereocenters. The zero-order chi connectivity index (χ0) is 46.7. The molecule has 0 unspecified atom stereocenters. The standard InChI is InChI=1S/C68H52N2/c1-45-11-31-57(32-12-45)69(59-35-23-49(24-36-59)55-21-17-47-15-19-53(47)43-55)61-39-27-51(28-40-61)67-63-7-3-5-9-65(63)68(66-10-6-4-8-64(66)67)52-29-41-62(42-30-52)70(58-33-13-46(2)14-34-58)60-37-25-50(26-38-60)56-22-18-48-16-20-54(48)44-56/h3-14,17-18,21-44H,15-16,19-20H2,1-2H3. The number of aryl methyl sites for hydroxylation is 6. The van der Waals surface area contributed by atoms with Gasteiger partial charge in [-0.1, -0.05) is 169 Å². The Labute approximate surface area is 411 Å². The first-order chi connectivity index (χ1) is 34.5. The van der Waals surface area contributed by atoms with Gasteiger partial charge in [0.05, 0.1) is 0 Å². The molecule has 0 N–H and O–H groups in total. The number of fused-ring (bicyclic) bond motifs is 4. The van der Waals surface area contributed by atoms with Crippen LogP contribution in [0.25, 0.3) is 66.1 Å². The molecule has 11 aromatic rings. The van der Waals surface area contributed by atoms with Gasteiger partial charge in [0.15, 0.2) is 0 Å². The van der Waals surface area contributed by atoms with E-state index < -0.39 is 0 Å². The molecule has 0 saturated heterocycles. The summed E-state index contributed by atoms with van der Waals surface area (Å²) < 4.78 is 0. The van der Waals surface area contributed by atoms with Crippen LogP contribution < -0.4 is 9.80 Å². The Kier molecular flexibility index (Phi) is 10.3. The smallest absolute Gasteiger partial charge is 0.0462 e. The Balaban J connectivity index is 0.862. The van der Waals surface area contributed by atoms with Crippen molar-refractivity contribution in [1.29, 1.82) is 0 Å². The Bertz CT molecular complexity index is 3430. The molecule has 0 radical (unpaired) electrons. The Hall–Kier alpha value is -8.46. The lowest BCUT2D eigenvalue weighted by Gasteiger charge is -2.27. The second-order valence-electron chi connectivity index (χ2n) is 19.3. The van der Waals surface area contributed by atoms with Crippen LogP contribution in [0.4, 0.5) is 34.1 Å². The maximum atomic E-state index is 2.37. The lowest BCUT2D eigenvalue weighted by molar-refractivity contribution is 0.840. The fraction of sp³-hybridized carbons (Fsp3) is 0.0882. The zero-order valence-corrected chi connectivity index (χ0v) is 39.7. The minimum atomic E-state index is 1.12. The maximum absolute atomic E-state index is 2.37. The molecule has 2 aliphatic rings. The average molecular weight is 897 g/mol. The number of nitrogens with zero attached hydrogens (tertiary/aromatic N) is 2. The van der Waals surface area contributed by atoms with Crippen molar-refractivity contribution in [1.82, 2.24) is 0 Å². The molecule has 0 amide bonds. The molecule has 0 aromatic heterocycles. The van der Waals surface area contributed by atoms with Crippen molar-refractivity contribution in [2.75, 3.05) is 9.80 Å². The van der Waals surface area contributed by atoms with E-state index in [1.165, 1.54) is 125 Å². The summed E-state index contributed by atoms with van der Waals surface area (Å²) in [5.74, 6) is 0. The third-order valence-corrected chi connectivity index (χ3v) is 15.0. The van der Waals surface area contributed by atoms with E-state index in [4.69, 9.17) is 0 Å². The van der Waals surface area contributed by atoms with Crippen LogP contribution in [0.3, 0.4) is 0 Å². The van der Waals surface area contributed by atoms with Crippen LogP contribution in [-0.2, 0) is 25.7 Å². The lowest BCUT2D eigenvalue weighted by atomic mass is 9.86. The van der Waals surface area contributed by atoms with Crippen molar-refractivity contribution in [2.45, 2.75) is 39.5 Å². The first kappa shape index (κ1) is 41.7. The van der Waals surface area contributed by atoms with Crippen molar-refractivity contribution < 1.29 is 0 Å². The second-order valence-corrected chi connectivity index (χ2v) is 19.3. The van der Waals surface area contributed by atoms with Crippen LogP contribution >= 0.6 is 0 Å². The van der Waals surface area contributed by atoms with Gasteiger partial charge in [-0.3, -0.25) is 0 Å². The quantitative estimate of drug-likeness (QED) is 0.126. The van der Waals surface area contributed by atoms with Crippen molar-refractivity contribution in [3.8, 4) is 44.5 Å². The largest absolute Gasteiger partial charge is 0.311 e. The predicted molar refractivity (Wildman–Crippen MR) is 297 cm³/mol. The molecule has 2 nitrogen and oxygen atoms in total. The summed E-state index contributed by atoms with van der Waals surface area (Å²) in [6, 6.07) is 86.1. The van der Waals surface area contributed by atoms with Crippen LogP contribution in [0.2, 0.25) is 0 Å². The van der Waals surface area contributed by atoms with Gasteiger partial charge in [0.1, 0.15) is 0 Å². The van der Waals surface area contributed by atoms with Gasteiger partial charge in [0, 0.05) is 34.1 Å². The molecular formula is C68H52N2. The van der Waals surface area contributed by atoms with Gasteiger partial charge < -0.3 is 9.80 Å². The van der Waals surface area contributed by atoms with E-state index in [0.717, 1.165) is 34.1 Å². The minimum Gasteiger partial charge on any atom is -0.311 e. The first-order valence-electron chi connectivity index (χ1n) is 24.8. The number of hydrogen-bond acceptors (Lipinski definition) is 2. The molecule has 334 valence electrons. The highest BCUT2D eigenvalue weighted by atomic mass is 15.1. The third-order valence-electron chi connectivity index (χ3n) is 15.0. The maximum Gasteiger partial charge on any atom is 0.0462 e. The van der Waals surface area contributed by atoms with E-state index >= 15 is 0 Å². The monoisotopic (exact) mass is 896 g/mol. The molecule has 11 aromatic carbocycles. The Morgan fingerprint density at radius 1 is 0.243 bits per heavy atom. The van der Waals surface area contributed by atoms with Gasteiger partial charge in [-0.25, -0.2) is 0 Å². The zero-order valence-electron chi connectivity index (χ0n) is 39.7. The molecule has 0 fully saturated rings. The van der Waals surface area contributed by atoms with Gasteiger partial charge in [-0.15, -0.1) is 0 Å². The predicted octanol–water partition coefficient (Wildman–Crippen LogP) is 18.4. The summed E-state index contributed by atoms with van der Waals surface area (Å²) in [6.07, 6.45) is 4.77. The molecule has 0 bridgehead atoms. The van der Waals surface area contributed by atoms with Gasteiger partial charge >= 0.3 is 0 Å². The van der Waals surface area contributed by atoms with Gasteiger partial charge in [-0.05, 0) is 201 Å². The van der Waals surface area contributed by atoms with Gasteiger partial charge in [0.2, 0.25) is 0 Å². The van der Waals surface area contributed by atoms with Crippen LogP contribution in [0, 0.1) is 13.8 Å². The summed E-state index contributed by atoms with van der Waals surface area (Å²) in [5.41, 5.74) is 25.2. The normalized spacial score (nSPS) is 12.5. The summed E-state index contributed by atoms with van der Waals surface area (Å²) >= 11 is 0. The van der Waals surface area contributed by atoms with E-state index in [1.807, 2.05) is 0 Å². The number of rotatable bonds is 10. The van der Waals surface area contributed by atoms with Crippen molar-refractivity contribution in [3.63, 3.8) is 0 Å². The summed E-state index contributed by atoms with van der Waals surface area (Å²) in [6.45, 7) is 4.30. The van der Waals surface area contributed by atoms with Gasteiger partial charge in [0.25, 0.3) is 0 Å². The van der Waals surface area contributed by atoms with E-state index in [1.54, 1.807) is 0 Å². The SMILES string of the molecule is Cc1ccc(N(c2ccc(-c3ccc4c(c3)CC4)cc2)c2ccc(-c3c4ccccc4c(-c4ccc(N(c5ccc(C)cc5)c5ccc(-c6ccc7c(c6)CC7)cc5)cc4)c4ccccc34)cc2)cc1. The number of anilines is 6. The third kappa shape index (κ3) is 7.45. The van der Waals surface area contributed by atoms with E-state index in [-0.39, 0.29) is 0 Å². The van der Waals surface area contributed by atoms with E-state index in [9.17, 15) is 0 Å². The van der Waals surface area contributed by atoms with Crippen LogP contribution in [0.1, 0.15) is 33.4 Å². The number of hydrogen-bond donors (Lipinski definition) is 0. The van der Waals surface area contributed by atoms with Crippen molar-refractivity contribution in [3.05, 3.63) is 264 Å². The number of benzene rings is 11. The molecule has 0 saturated carbocycles. The first-order valence-corrected chi connectivity index (χ1v) is 24.8. The Morgan fingerprint density at radius 3 is 0.771 bits per heavy atom. The van der Waals surface area contributed by atoms with Gasteiger partial charge in [-0.2, -0.15) is 0 Å². The highest BCUT2D eigenvalue weighted by molar-refractivity contribution is 6.21. The highest BCUT2D eigenvalue weighted by Crippen LogP contribution is 2.46. The molecule has 0 spiro atoms. The van der Waals surface area contributed by atoms with Crippen molar-refractivity contribution in [2.24, 2.45) is 0 Å². The molecule has 2 heteroatoms. The average Bonchev–Trinajstić information content (AvgIpc) is 3.39. The minimum absolute atomic E-state index is 1.12. The summed E-state index contributed by atoms with van der Waals surface area (Å²) in [4.78, 5) is 4.74. The summed E-state index contributed by atoms with van der Waals surface area (Å²) in [5, 5.41) is 4.96. The molecule has 0 heterocycles. The fourth-order valence-electron chi connectivity index (χ4n) is 10.9. The Morgan fingerprint density at radius 2 is 0.500 bits per heavy atom. The van der Waals surface area contributed by atoms with Crippen LogP contribution in [0.5, 0.6) is 0 Å². The lowest BCUT2D eigenvalue weighted by Crippen LogP contribution is -2.10. The van der Waals surface area contributed by atoms with Crippen molar-refractivity contribution >= 4 is 55.7 Å². The summed E-state index contributed by atoms with van der Waals surface area (Å²) in [7, 11) is 0. The van der Waals surface area contributed by atoms with E-state index in [0.29, 0.717) is 0 Å².